The van der Waals surface area contributed by atoms with E-state index < -0.39 is 0 Å². The lowest BCUT2D eigenvalue weighted by atomic mass is 9.96. The molecule has 1 fully saturated rings. The Hall–Kier alpha value is -0.530. The molecule has 0 aromatic rings. The Morgan fingerprint density at radius 3 is 2.48 bits per heavy atom. The van der Waals surface area contributed by atoms with E-state index in [1.165, 1.54) is 32.1 Å². The maximum Gasteiger partial charge on any atom is 0.243 e. The van der Waals surface area contributed by atoms with Crippen molar-refractivity contribution in [1.29, 1.82) is 0 Å². The minimum Gasteiger partial charge on any atom is -0.356 e. The van der Waals surface area contributed by atoms with Crippen molar-refractivity contribution >= 4 is 35.8 Å². The van der Waals surface area contributed by atoms with Crippen molar-refractivity contribution < 1.29 is 4.79 Å². The van der Waals surface area contributed by atoms with Crippen LogP contribution >= 0.6 is 24.0 Å². The van der Waals surface area contributed by atoms with Gasteiger partial charge in [-0.1, -0.05) is 32.6 Å². The lowest BCUT2D eigenvalue weighted by Gasteiger charge is -2.25. The first kappa shape index (κ1) is 20.5. The van der Waals surface area contributed by atoms with Gasteiger partial charge >= 0.3 is 0 Å². The van der Waals surface area contributed by atoms with Crippen LogP contribution in [0.15, 0.2) is 4.99 Å². The lowest BCUT2D eigenvalue weighted by molar-refractivity contribution is -0.127. The molecule has 0 aliphatic heterocycles. The number of rotatable bonds is 6. The van der Waals surface area contributed by atoms with Crippen molar-refractivity contribution in [2.45, 2.75) is 57.9 Å². The van der Waals surface area contributed by atoms with E-state index >= 15 is 0 Å². The molecule has 5 nitrogen and oxygen atoms in total. The van der Waals surface area contributed by atoms with Gasteiger partial charge in [-0.2, -0.15) is 0 Å². The van der Waals surface area contributed by atoms with Gasteiger partial charge in [-0.25, -0.2) is 4.99 Å². The van der Waals surface area contributed by atoms with Crippen LogP contribution in [0.4, 0.5) is 0 Å². The number of likely N-dealkylation sites (N-methyl/N-ethyl adjacent to an activating group) is 1. The number of hydrogen-bond acceptors (Lipinski definition) is 2. The number of aliphatic imine (C=N–C) groups is 1. The number of hydrogen-bond donors (Lipinski definition) is 2. The molecule has 0 bridgehead atoms. The molecule has 0 radical (unpaired) electrons. The van der Waals surface area contributed by atoms with Crippen LogP contribution in [-0.2, 0) is 4.79 Å². The molecule has 0 aromatic heterocycles. The van der Waals surface area contributed by atoms with Crippen LogP contribution in [0.25, 0.3) is 0 Å². The van der Waals surface area contributed by atoms with E-state index in [-0.39, 0.29) is 36.4 Å². The first-order valence-electron chi connectivity index (χ1n) is 7.88. The third-order valence-electron chi connectivity index (χ3n) is 3.64. The molecular formula is C15H31IN4O. The van der Waals surface area contributed by atoms with Crippen molar-refractivity contribution in [3.63, 3.8) is 0 Å². The van der Waals surface area contributed by atoms with Crippen LogP contribution in [0.5, 0.6) is 0 Å². The fourth-order valence-corrected chi connectivity index (χ4v) is 2.26. The van der Waals surface area contributed by atoms with E-state index in [0.29, 0.717) is 6.04 Å². The SMILES string of the molecule is CCCCNC(=NCC(=O)N(C)C)NC1CCCCC1.I. The van der Waals surface area contributed by atoms with Gasteiger partial charge in [0, 0.05) is 26.7 Å². The first-order valence-corrected chi connectivity index (χ1v) is 7.88. The zero-order valence-electron chi connectivity index (χ0n) is 13.7. The molecule has 1 rings (SSSR count). The summed E-state index contributed by atoms with van der Waals surface area (Å²) in [5.74, 6) is 0.825. The second-order valence-corrected chi connectivity index (χ2v) is 5.71. The summed E-state index contributed by atoms with van der Waals surface area (Å²) in [7, 11) is 3.52. The third kappa shape index (κ3) is 9.16. The molecule has 6 heteroatoms. The highest BCUT2D eigenvalue weighted by Gasteiger charge is 2.14. The Kier molecular flexibility index (Phi) is 11.8. The van der Waals surface area contributed by atoms with Gasteiger partial charge in [0.1, 0.15) is 6.54 Å². The molecule has 0 spiro atoms. The second-order valence-electron chi connectivity index (χ2n) is 5.71. The zero-order chi connectivity index (χ0) is 14.8. The number of carbonyl (C=O) groups is 1. The van der Waals surface area contributed by atoms with Crippen molar-refractivity contribution in [2.24, 2.45) is 4.99 Å². The predicted molar refractivity (Wildman–Crippen MR) is 99.3 cm³/mol. The number of carbonyl (C=O) groups excluding carboxylic acids is 1. The van der Waals surface area contributed by atoms with Gasteiger partial charge < -0.3 is 15.5 Å². The van der Waals surface area contributed by atoms with Crippen LogP contribution in [0, 0.1) is 0 Å². The Balaban J connectivity index is 0.00000400. The van der Waals surface area contributed by atoms with Gasteiger partial charge in [-0.15, -0.1) is 24.0 Å². The molecule has 1 aliphatic rings. The molecule has 1 aliphatic carbocycles. The normalized spacial score (nSPS) is 16.0. The second kappa shape index (κ2) is 12.1. The highest BCUT2D eigenvalue weighted by molar-refractivity contribution is 14.0. The Morgan fingerprint density at radius 2 is 1.90 bits per heavy atom. The highest BCUT2D eigenvalue weighted by atomic mass is 127. The van der Waals surface area contributed by atoms with Crippen LogP contribution in [-0.4, -0.2) is 50.0 Å². The van der Waals surface area contributed by atoms with Crippen molar-refractivity contribution in [1.82, 2.24) is 15.5 Å². The zero-order valence-corrected chi connectivity index (χ0v) is 16.0. The van der Waals surface area contributed by atoms with Crippen LogP contribution < -0.4 is 10.6 Å². The molecule has 1 amide bonds. The number of guanidine groups is 1. The van der Waals surface area contributed by atoms with E-state index in [4.69, 9.17) is 0 Å². The van der Waals surface area contributed by atoms with Gasteiger partial charge in [0.05, 0.1) is 0 Å². The smallest absolute Gasteiger partial charge is 0.243 e. The van der Waals surface area contributed by atoms with Crippen molar-refractivity contribution in [2.75, 3.05) is 27.2 Å². The summed E-state index contributed by atoms with van der Waals surface area (Å²) in [6, 6.07) is 0.506. The monoisotopic (exact) mass is 410 g/mol. The molecule has 1 saturated carbocycles. The quantitative estimate of drug-likeness (QED) is 0.306. The number of unbranched alkanes of at least 4 members (excludes halogenated alkanes) is 1. The molecule has 2 N–H and O–H groups in total. The van der Waals surface area contributed by atoms with E-state index in [0.717, 1.165) is 25.3 Å². The van der Waals surface area contributed by atoms with Crippen LogP contribution in [0.3, 0.4) is 0 Å². The van der Waals surface area contributed by atoms with E-state index in [2.05, 4.69) is 22.5 Å². The van der Waals surface area contributed by atoms with Crippen LogP contribution in [0.1, 0.15) is 51.9 Å². The van der Waals surface area contributed by atoms with E-state index in [9.17, 15) is 4.79 Å². The summed E-state index contributed by atoms with van der Waals surface area (Å²) < 4.78 is 0. The largest absolute Gasteiger partial charge is 0.356 e. The van der Waals surface area contributed by atoms with Crippen LogP contribution in [0.2, 0.25) is 0 Å². The Morgan fingerprint density at radius 1 is 1.24 bits per heavy atom. The first-order chi connectivity index (χ1) is 9.63. The topological polar surface area (TPSA) is 56.7 Å². The third-order valence-corrected chi connectivity index (χ3v) is 3.64. The number of nitrogens with one attached hydrogen (secondary N) is 2. The molecule has 0 atom stereocenters. The molecular weight excluding hydrogens is 379 g/mol. The summed E-state index contributed by atoms with van der Waals surface area (Å²) in [4.78, 5) is 17.6. The van der Waals surface area contributed by atoms with Crippen molar-refractivity contribution in [3.05, 3.63) is 0 Å². The maximum absolute atomic E-state index is 11.6. The number of nitrogens with zero attached hydrogens (tertiary/aromatic N) is 2. The predicted octanol–water partition coefficient (Wildman–Crippen LogP) is 2.36. The molecule has 0 unspecified atom stereocenters. The van der Waals surface area contributed by atoms with E-state index in [1.54, 1.807) is 19.0 Å². The standard InChI is InChI=1S/C15H30N4O.HI/c1-4-5-11-16-15(17-12-14(20)19(2)3)18-13-9-7-6-8-10-13;/h13H,4-12H2,1-3H3,(H2,16,17,18);1H. The summed E-state index contributed by atoms with van der Waals surface area (Å²) in [6.07, 6.45) is 8.60. The van der Waals surface area contributed by atoms with Gasteiger partial charge in [0.2, 0.25) is 5.91 Å². The van der Waals surface area contributed by atoms with Gasteiger partial charge in [0.25, 0.3) is 0 Å². The van der Waals surface area contributed by atoms with Gasteiger partial charge in [0.15, 0.2) is 5.96 Å². The minimum atomic E-state index is 0. The van der Waals surface area contributed by atoms with Gasteiger partial charge in [-0.3, -0.25) is 4.79 Å². The minimum absolute atomic E-state index is 0. The fourth-order valence-electron chi connectivity index (χ4n) is 2.26. The number of halogens is 1. The summed E-state index contributed by atoms with van der Waals surface area (Å²) in [6.45, 7) is 3.29. The molecule has 0 heterocycles. The Bertz CT molecular complexity index is 315. The summed E-state index contributed by atoms with van der Waals surface area (Å²) in [5, 5.41) is 6.81. The average molecular weight is 410 g/mol. The maximum atomic E-state index is 11.6. The molecule has 21 heavy (non-hydrogen) atoms. The molecule has 0 aromatic carbocycles. The summed E-state index contributed by atoms with van der Waals surface area (Å²) in [5.41, 5.74) is 0. The lowest BCUT2D eigenvalue weighted by Crippen LogP contribution is -2.45. The molecule has 0 saturated heterocycles. The van der Waals surface area contributed by atoms with Gasteiger partial charge in [-0.05, 0) is 19.3 Å². The fraction of sp³-hybridized carbons (Fsp3) is 0.867. The van der Waals surface area contributed by atoms with Crippen molar-refractivity contribution in [3.8, 4) is 0 Å². The average Bonchev–Trinajstić information content (AvgIpc) is 2.45. The summed E-state index contributed by atoms with van der Waals surface area (Å²) >= 11 is 0. The molecule has 124 valence electrons. The van der Waals surface area contributed by atoms with E-state index in [1.807, 2.05) is 0 Å². The number of amides is 1. The Labute approximate surface area is 146 Å². The highest BCUT2D eigenvalue weighted by Crippen LogP contribution is 2.17.